The van der Waals surface area contributed by atoms with Gasteiger partial charge in [0.05, 0.1) is 5.56 Å². The van der Waals surface area contributed by atoms with Gasteiger partial charge < -0.3 is 10.4 Å². The minimum atomic E-state index is -1.04. The van der Waals surface area contributed by atoms with Gasteiger partial charge in [0.1, 0.15) is 0 Å². The Balaban J connectivity index is 1.81. The van der Waals surface area contributed by atoms with E-state index in [0.717, 1.165) is 10.9 Å². The van der Waals surface area contributed by atoms with E-state index in [1.54, 1.807) is 30.3 Å². The number of rotatable bonds is 3. The Bertz CT molecular complexity index is 1080. The van der Waals surface area contributed by atoms with Crippen molar-refractivity contribution in [3.05, 3.63) is 76.3 Å². The Labute approximate surface area is 166 Å². The number of aryl methyl sites for hydroxylation is 1. The summed E-state index contributed by atoms with van der Waals surface area (Å²) < 4.78 is 0. The van der Waals surface area contributed by atoms with Gasteiger partial charge in [0.2, 0.25) is 0 Å². The zero-order valence-electron chi connectivity index (χ0n) is 14.2. The van der Waals surface area contributed by atoms with Crippen LogP contribution < -0.4 is 10.6 Å². The molecule has 1 amide bonds. The molecule has 136 valence electrons. The van der Waals surface area contributed by atoms with E-state index in [0.29, 0.717) is 21.7 Å². The zero-order valence-corrected chi connectivity index (χ0v) is 15.8. The summed E-state index contributed by atoms with van der Waals surface area (Å²) >= 11 is 11.4. The van der Waals surface area contributed by atoms with Gasteiger partial charge in [-0.25, -0.2) is 4.79 Å². The van der Waals surface area contributed by atoms with Gasteiger partial charge in [-0.2, -0.15) is 0 Å². The lowest BCUT2D eigenvalue weighted by molar-refractivity contribution is 0.0696. The number of carbonyl (C=O) groups excluding carboxylic acids is 1. The van der Waals surface area contributed by atoms with E-state index < -0.39 is 5.97 Å². The topological polar surface area (TPSA) is 78.4 Å². The van der Waals surface area contributed by atoms with Gasteiger partial charge >= 0.3 is 5.97 Å². The summed E-state index contributed by atoms with van der Waals surface area (Å²) in [4.78, 5) is 23.8. The van der Waals surface area contributed by atoms with E-state index in [9.17, 15) is 9.59 Å². The molecule has 3 N–H and O–H groups in total. The molecule has 0 fully saturated rings. The molecule has 0 aromatic heterocycles. The molecule has 0 heterocycles. The van der Waals surface area contributed by atoms with Crippen LogP contribution in [0.4, 0.5) is 5.69 Å². The molecular formula is C20H15ClN2O3S. The first-order chi connectivity index (χ1) is 12.9. The summed E-state index contributed by atoms with van der Waals surface area (Å²) in [7, 11) is 0. The van der Waals surface area contributed by atoms with Crippen LogP contribution in [0.2, 0.25) is 5.02 Å². The van der Waals surface area contributed by atoms with Crippen molar-refractivity contribution in [2.45, 2.75) is 6.92 Å². The maximum Gasteiger partial charge on any atom is 0.335 e. The molecule has 0 unspecified atom stereocenters. The molecule has 0 saturated heterocycles. The van der Waals surface area contributed by atoms with Gasteiger partial charge in [-0.3, -0.25) is 10.1 Å². The first-order valence-corrected chi connectivity index (χ1v) is 8.79. The zero-order chi connectivity index (χ0) is 19.6. The van der Waals surface area contributed by atoms with Crippen molar-refractivity contribution in [3.8, 4) is 0 Å². The monoisotopic (exact) mass is 398 g/mol. The number of carboxylic acid groups (broad SMARTS) is 1. The number of hydrogen-bond acceptors (Lipinski definition) is 3. The molecule has 3 aromatic carbocycles. The SMILES string of the molecule is Cc1ccc(C(=O)O)cc1NC(=S)NC(=O)c1cccc2c(Cl)cccc12. The van der Waals surface area contributed by atoms with Crippen LogP contribution in [0.15, 0.2) is 54.6 Å². The van der Waals surface area contributed by atoms with E-state index in [4.69, 9.17) is 28.9 Å². The van der Waals surface area contributed by atoms with E-state index >= 15 is 0 Å². The third kappa shape index (κ3) is 4.07. The number of carbonyl (C=O) groups is 2. The molecule has 0 aliphatic rings. The normalized spacial score (nSPS) is 10.4. The van der Waals surface area contributed by atoms with Crippen LogP contribution in [0, 0.1) is 6.92 Å². The highest BCUT2D eigenvalue weighted by Crippen LogP contribution is 2.26. The second-order valence-electron chi connectivity index (χ2n) is 5.88. The van der Waals surface area contributed by atoms with Gasteiger partial charge in [0, 0.05) is 21.7 Å². The summed E-state index contributed by atoms with van der Waals surface area (Å²) in [6.07, 6.45) is 0. The number of carboxylic acids is 1. The minimum Gasteiger partial charge on any atom is -0.478 e. The highest BCUT2D eigenvalue weighted by Gasteiger charge is 2.14. The molecule has 0 aliphatic heterocycles. The molecule has 0 saturated carbocycles. The van der Waals surface area contributed by atoms with E-state index in [2.05, 4.69) is 10.6 Å². The van der Waals surface area contributed by atoms with Gasteiger partial charge in [0.15, 0.2) is 5.11 Å². The van der Waals surface area contributed by atoms with Gasteiger partial charge in [0.25, 0.3) is 5.91 Å². The highest BCUT2D eigenvalue weighted by atomic mass is 35.5. The number of thiocarbonyl (C=S) groups is 1. The molecule has 3 aromatic rings. The fourth-order valence-electron chi connectivity index (χ4n) is 2.68. The number of anilines is 1. The minimum absolute atomic E-state index is 0.0738. The maximum atomic E-state index is 12.7. The van der Waals surface area contributed by atoms with Crippen molar-refractivity contribution in [2.75, 3.05) is 5.32 Å². The second-order valence-corrected chi connectivity index (χ2v) is 6.70. The van der Waals surface area contributed by atoms with Crippen molar-refractivity contribution in [1.82, 2.24) is 5.32 Å². The molecule has 7 heteroatoms. The number of hydrogen-bond donors (Lipinski definition) is 3. The molecule has 0 radical (unpaired) electrons. The number of benzene rings is 3. The summed E-state index contributed by atoms with van der Waals surface area (Å²) in [5.41, 5.74) is 1.88. The number of halogens is 1. The predicted molar refractivity (Wildman–Crippen MR) is 111 cm³/mol. The molecule has 5 nitrogen and oxygen atoms in total. The van der Waals surface area contributed by atoms with Crippen LogP contribution in [0.3, 0.4) is 0 Å². The van der Waals surface area contributed by atoms with E-state index in [-0.39, 0.29) is 16.6 Å². The van der Waals surface area contributed by atoms with Gasteiger partial charge in [-0.1, -0.05) is 41.9 Å². The molecule has 0 aliphatic carbocycles. The van der Waals surface area contributed by atoms with Crippen molar-refractivity contribution in [2.24, 2.45) is 0 Å². The first-order valence-electron chi connectivity index (χ1n) is 8.00. The standard InChI is InChI=1S/C20H15ClN2O3S/c1-11-8-9-12(19(25)26)10-17(11)22-20(27)23-18(24)15-6-2-5-14-13(15)4-3-7-16(14)21/h2-10H,1H3,(H,25,26)(H2,22,23,24,27). The largest absolute Gasteiger partial charge is 0.478 e. The molecule has 0 atom stereocenters. The average molecular weight is 399 g/mol. The van der Waals surface area contributed by atoms with Crippen LogP contribution in [-0.4, -0.2) is 22.1 Å². The molecular weight excluding hydrogens is 384 g/mol. The van der Waals surface area contributed by atoms with Crippen molar-refractivity contribution in [3.63, 3.8) is 0 Å². The van der Waals surface area contributed by atoms with Crippen LogP contribution in [-0.2, 0) is 0 Å². The van der Waals surface area contributed by atoms with Crippen LogP contribution in [0.25, 0.3) is 10.8 Å². The molecule has 0 spiro atoms. The van der Waals surface area contributed by atoms with Crippen molar-refractivity contribution >= 4 is 57.3 Å². The number of fused-ring (bicyclic) bond motifs is 1. The lowest BCUT2D eigenvalue weighted by atomic mass is 10.0. The van der Waals surface area contributed by atoms with Crippen molar-refractivity contribution in [1.29, 1.82) is 0 Å². The lowest BCUT2D eigenvalue weighted by Crippen LogP contribution is -2.34. The van der Waals surface area contributed by atoms with Gasteiger partial charge in [-0.05, 0) is 54.4 Å². The number of aromatic carboxylic acids is 1. The van der Waals surface area contributed by atoms with E-state index in [1.807, 2.05) is 19.1 Å². The molecule has 3 rings (SSSR count). The summed E-state index contributed by atoms with van der Waals surface area (Å²) in [5.74, 6) is -1.42. The summed E-state index contributed by atoms with van der Waals surface area (Å²) in [6.45, 7) is 1.81. The highest BCUT2D eigenvalue weighted by molar-refractivity contribution is 7.80. The third-order valence-corrected chi connectivity index (χ3v) is 4.61. The predicted octanol–water partition coefficient (Wildman–Crippen LogP) is 4.63. The fourth-order valence-corrected chi connectivity index (χ4v) is 3.12. The lowest BCUT2D eigenvalue weighted by Gasteiger charge is -2.13. The van der Waals surface area contributed by atoms with Crippen molar-refractivity contribution < 1.29 is 14.7 Å². The fraction of sp³-hybridized carbons (Fsp3) is 0.0500. The second kappa shape index (κ2) is 7.73. The number of amides is 1. The Kier molecular flexibility index (Phi) is 5.39. The van der Waals surface area contributed by atoms with E-state index in [1.165, 1.54) is 12.1 Å². The van der Waals surface area contributed by atoms with Crippen LogP contribution >= 0.6 is 23.8 Å². The Morgan fingerprint density at radius 1 is 1.04 bits per heavy atom. The Morgan fingerprint density at radius 3 is 2.48 bits per heavy atom. The molecule has 27 heavy (non-hydrogen) atoms. The average Bonchev–Trinajstić information content (AvgIpc) is 2.63. The quantitative estimate of drug-likeness (QED) is 0.561. The van der Waals surface area contributed by atoms with Crippen LogP contribution in [0.1, 0.15) is 26.3 Å². The summed E-state index contributed by atoms with van der Waals surface area (Å²) in [6, 6.07) is 15.3. The number of nitrogens with one attached hydrogen (secondary N) is 2. The smallest absolute Gasteiger partial charge is 0.335 e. The Morgan fingerprint density at radius 2 is 1.74 bits per heavy atom. The molecule has 0 bridgehead atoms. The maximum absolute atomic E-state index is 12.7. The van der Waals surface area contributed by atoms with Gasteiger partial charge in [-0.15, -0.1) is 0 Å². The van der Waals surface area contributed by atoms with Crippen LogP contribution in [0.5, 0.6) is 0 Å². The third-order valence-electron chi connectivity index (χ3n) is 4.07. The Hall–Kier alpha value is -2.96. The first kappa shape index (κ1) is 18.8. The summed E-state index contributed by atoms with van der Waals surface area (Å²) in [5, 5.41) is 16.7.